The molecule has 0 fully saturated rings. The summed E-state index contributed by atoms with van der Waals surface area (Å²) >= 11 is 1.11. The van der Waals surface area contributed by atoms with Gasteiger partial charge in [-0.15, -0.1) is 10.2 Å². The Balaban J connectivity index is 1.49. The van der Waals surface area contributed by atoms with E-state index >= 15 is 0 Å². The maximum atomic E-state index is 13.2. The van der Waals surface area contributed by atoms with E-state index in [-0.39, 0.29) is 23.0 Å². The number of rotatable bonds is 6. The van der Waals surface area contributed by atoms with Gasteiger partial charge in [-0.25, -0.2) is 4.39 Å². The van der Waals surface area contributed by atoms with Crippen molar-refractivity contribution in [1.82, 2.24) is 24.8 Å². The fraction of sp³-hybridized carbons (Fsp3) is 0.105. The largest absolute Gasteiger partial charge is 0.325 e. The molecule has 0 atom stereocenters. The lowest BCUT2D eigenvalue weighted by atomic mass is 10.1. The Labute approximate surface area is 168 Å². The number of nitrogens with one attached hydrogen (secondary N) is 2. The van der Waals surface area contributed by atoms with Gasteiger partial charge >= 0.3 is 0 Å². The highest BCUT2D eigenvalue weighted by atomic mass is 32.2. The van der Waals surface area contributed by atoms with Gasteiger partial charge in [-0.05, 0) is 23.8 Å². The molecule has 4 aromatic rings. The molecular weight excluding hydrogens is 395 g/mol. The van der Waals surface area contributed by atoms with Crippen LogP contribution in [0.5, 0.6) is 0 Å². The molecule has 2 aromatic carbocycles. The highest BCUT2D eigenvalue weighted by Gasteiger charge is 2.14. The molecule has 0 aliphatic rings. The van der Waals surface area contributed by atoms with Gasteiger partial charge in [-0.3, -0.25) is 14.6 Å². The summed E-state index contributed by atoms with van der Waals surface area (Å²) in [6.07, 6.45) is 0.356. The molecule has 0 bridgehead atoms. The minimum atomic E-state index is -0.432. The standard InChI is InChI=1S/C19H15FN6O2S/c20-13-7-4-8-14(10-13)21-16(27)11-29-19-24-23-18-22-17(28)15(25-26(18)19)9-12-5-2-1-3-6-12/h1-8,10H,9,11H2,(H,21,27)(H,22,23,28). The first kappa shape index (κ1) is 18.8. The zero-order valence-electron chi connectivity index (χ0n) is 15.0. The van der Waals surface area contributed by atoms with Crippen molar-refractivity contribution in [2.45, 2.75) is 11.6 Å². The summed E-state index contributed by atoms with van der Waals surface area (Å²) in [4.78, 5) is 27.0. The van der Waals surface area contributed by atoms with E-state index in [9.17, 15) is 14.0 Å². The first-order valence-corrected chi connectivity index (χ1v) is 9.64. The van der Waals surface area contributed by atoms with Crippen molar-refractivity contribution in [3.63, 3.8) is 0 Å². The lowest BCUT2D eigenvalue weighted by molar-refractivity contribution is -0.113. The van der Waals surface area contributed by atoms with Gasteiger partial charge in [-0.2, -0.15) is 9.61 Å². The second kappa shape index (κ2) is 8.23. The van der Waals surface area contributed by atoms with Gasteiger partial charge in [0, 0.05) is 12.1 Å². The summed E-state index contributed by atoms with van der Waals surface area (Å²) in [7, 11) is 0. The number of anilines is 1. The molecule has 0 saturated heterocycles. The maximum Gasteiger partial charge on any atom is 0.274 e. The first-order valence-electron chi connectivity index (χ1n) is 8.65. The fourth-order valence-corrected chi connectivity index (χ4v) is 3.34. The fourth-order valence-electron chi connectivity index (χ4n) is 2.66. The molecule has 146 valence electrons. The molecular formula is C19H15FN6O2S. The Bertz CT molecular complexity index is 1220. The van der Waals surface area contributed by atoms with Crippen LogP contribution in [0.4, 0.5) is 10.1 Å². The van der Waals surface area contributed by atoms with Crippen LogP contribution in [0.15, 0.2) is 64.5 Å². The van der Waals surface area contributed by atoms with E-state index in [0.717, 1.165) is 17.3 Å². The third-order valence-corrected chi connectivity index (χ3v) is 4.89. The highest BCUT2D eigenvalue weighted by molar-refractivity contribution is 7.99. The number of carbonyl (C=O) groups is 1. The Morgan fingerprint density at radius 1 is 1.14 bits per heavy atom. The van der Waals surface area contributed by atoms with Crippen molar-refractivity contribution < 1.29 is 9.18 Å². The highest BCUT2D eigenvalue weighted by Crippen LogP contribution is 2.16. The number of carbonyl (C=O) groups excluding carboxylic acids is 1. The zero-order valence-corrected chi connectivity index (χ0v) is 15.8. The number of nitrogens with zero attached hydrogens (tertiary/aromatic N) is 4. The molecule has 0 unspecified atom stereocenters. The molecule has 0 aliphatic carbocycles. The molecule has 0 radical (unpaired) electrons. The minimum absolute atomic E-state index is 0.0200. The number of thioether (sulfide) groups is 1. The van der Waals surface area contributed by atoms with Crippen molar-refractivity contribution in [1.29, 1.82) is 0 Å². The van der Waals surface area contributed by atoms with Crippen LogP contribution in [-0.4, -0.2) is 36.5 Å². The second-order valence-corrected chi connectivity index (χ2v) is 7.07. The summed E-state index contributed by atoms with van der Waals surface area (Å²) in [6.45, 7) is 0. The summed E-state index contributed by atoms with van der Waals surface area (Å²) in [5.41, 5.74) is 1.29. The molecule has 0 aliphatic heterocycles. The predicted octanol–water partition coefficient (Wildman–Crippen LogP) is 2.27. The van der Waals surface area contributed by atoms with Gasteiger partial charge < -0.3 is 5.32 Å². The van der Waals surface area contributed by atoms with Crippen molar-refractivity contribution in [3.05, 3.63) is 82.0 Å². The molecule has 4 rings (SSSR count). The lowest BCUT2D eigenvalue weighted by Crippen LogP contribution is -2.19. The van der Waals surface area contributed by atoms with Crippen molar-refractivity contribution in [2.75, 3.05) is 11.1 Å². The topological polar surface area (TPSA) is 105 Å². The van der Waals surface area contributed by atoms with Crippen LogP contribution in [0.25, 0.3) is 5.78 Å². The molecule has 10 heteroatoms. The first-order chi connectivity index (χ1) is 14.1. The minimum Gasteiger partial charge on any atom is -0.325 e. The Kier molecular flexibility index (Phi) is 5.34. The van der Waals surface area contributed by atoms with Crippen LogP contribution in [0.3, 0.4) is 0 Å². The van der Waals surface area contributed by atoms with Crippen LogP contribution in [-0.2, 0) is 11.2 Å². The van der Waals surface area contributed by atoms with E-state index in [0.29, 0.717) is 23.0 Å². The average molecular weight is 410 g/mol. The Hall–Kier alpha value is -3.53. The second-order valence-electron chi connectivity index (χ2n) is 6.13. The lowest BCUT2D eigenvalue weighted by Gasteiger charge is -2.05. The van der Waals surface area contributed by atoms with E-state index in [2.05, 4.69) is 25.6 Å². The van der Waals surface area contributed by atoms with Crippen LogP contribution in [0.2, 0.25) is 0 Å². The van der Waals surface area contributed by atoms with Gasteiger partial charge in [0.15, 0.2) is 0 Å². The number of fused-ring (bicyclic) bond motifs is 1. The van der Waals surface area contributed by atoms with E-state index < -0.39 is 5.82 Å². The molecule has 2 N–H and O–H groups in total. The maximum absolute atomic E-state index is 13.2. The average Bonchev–Trinajstić information content (AvgIpc) is 3.09. The number of aromatic nitrogens is 5. The van der Waals surface area contributed by atoms with Crippen molar-refractivity contribution >= 4 is 29.1 Å². The normalized spacial score (nSPS) is 10.9. The van der Waals surface area contributed by atoms with Crippen LogP contribution < -0.4 is 10.9 Å². The zero-order chi connectivity index (χ0) is 20.2. The third kappa shape index (κ3) is 4.49. The molecule has 29 heavy (non-hydrogen) atoms. The van der Waals surface area contributed by atoms with Gasteiger partial charge in [0.25, 0.3) is 11.3 Å². The number of H-pyrrole nitrogens is 1. The van der Waals surface area contributed by atoms with Crippen LogP contribution >= 0.6 is 11.8 Å². The summed E-state index contributed by atoms with van der Waals surface area (Å²) in [5, 5.41) is 15.2. The van der Waals surface area contributed by atoms with Gasteiger partial charge in [0.1, 0.15) is 11.5 Å². The molecule has 1 amide bonds. The number of amides is 1. The van der Waals surface area contributed by atoms with Gasteiger partial charge in [0.05, 0.1) is 5.75 Å². The molecule has 0 saturated carbocycles. The van der Waals surface area contributed by atoms with Crippen molar-refractivity contribution in [2.24, 2.45) is 0 Å². The van der Waals surface area contributed by atoms with Crippen LogP contribution in [0, 0.1) is 5.82 Å². The molecule has 8 nitrogen and oxygen atoms in total. The monoisotopic (exact) mass is 410 g/mol. The number of aromatic amines is 1. The number of hydrogen-bond donors (Lipinski definition) is 2. The van der Waals surface area contributed by atoms with Crippen molar-refractivity contribution in [3.8, 4) is 0 Å². The summed E-state index contributed by atoms with van der Waals surface area (Å²) in [6, 6.07) is 15.1. The van der Waals surface area contributed by atoms with Gasteiger partial charge in [0.2, 0.25) is 11.1 Å². The number of halogens is 1. The molecule has 2 aromatic heterocycles. The Morgan fingerprint density at radius 2 is 1.97 bits per heavy atom. The van der Waals surface area contributed by atoms with E-state index in [1.165, 1.54) is 22.7 Å². The predicted molar refractivity (Wildman–Crippen MR) is 106 cm³/mol. The van der Waals surface area contributed by atoms with E-state index in [1.807, 2.05) is 30.3 Å². The summed E-state index contributed by atoms with van der Waals surface area (Å²) < 4.78 is 14.6. The van der Waals surface area contributed by atoms with Gasteiger partial charge in [-0.1, -0.05) is 48.2 Å². The number of benzene rings is 2. The smallest absolute Gasteiger partial charge is 0.274 e. The quantitative estimate of drug-likeness (QED) is 0.473. The summed E-state index contributed by atoms with van der Waals surface area (Å²) in [5.74, 6) is -0.546. The molecule has 2 heterocycles. The van der Waals surface area contributed by atoms with E-state index in [1.54, 1.807) is 6.07 Å². The SMILES string of the molecule is O=C(CSc1nnc2[nH]c(=O)c(Cc3ccccc3)nn12)Nc1cccc(F)c1. The third-order valence-electron chi connectivity index (χ3n) is 3.98. The number of hydrogen-bond acceptors (Lipinski definition) is 6. The molecule has 0 spiro atoms. The van der Waals surface area contributed by atoms with Crippen LogP contribution in [0.1, 0.15) is 11.3 Å². The Morgan fingerprint density at radius 3 is 2.76 bits per heavy atom. The van der Waals surface area contributed by atoms with E-state index in [4.69, 9.17) is 0 Å².